The van der Waals surface area contributed by atoms with E-state index in [0.717, 1.165) is 128 Å². The van der Waals surface area contributed by atoms with Crippen molar-refractivity contribution in [3.8, 4) is 0 Å². The fourth-order valence-electron chi connectivity index (χ4n) is 9.12. The molecule has 0 saturated carbocycles. The van der Waals surface area contributed by atoms with E-state index in [9.17, 15) is 5.11 Å². The number of hydrogen-bond acceptors (Lipinski definition) is 16. The standard InChI is InChI=1S/C58H112O16/c1-11-21-31-60-41-44-47(61-32-22-12-2)51(65-36-26-16-6)54(68-39-29-19-9)57(73-44)71-43-46-49(63-34-24-14-4)52(66-37-27-17-7)55(69-40-30-20-10)58(74-46)70-42-45-48(62-33-23-13-3)50(64-35-25-15-5)53(56(59)72-45)67-38-28-18-8/h44-59H,11-43H2,1-10H3/t44?,45?,46?,47-,48-,49-,50+,51+,52?,53?,54?,55?,56+,57+,58+/m1/s1. The minimum Gasteiger partial charge on any atom is -0.379 e. The third kappa shape index (κ3) is 24.4. The highest BCUT2D eigenvalue weighted by atomic mass is 16.8. The molecule has 3 heterocycles. The summed E-state index contributed by atoms with van der Waals surface area (Å²) in [4.78, 5) is 0. The number of aliphatic hydroxyl groups excluding tert-OH is 1. The Morgan fingerprint density at radius 3 is 0.824 bits per heavy atom. The van der Waals surface area contributed by atoms with Gasteiger partial charge in [0.1, 0.15) is 73.2 Å². The molecule has 3 rings (SSSR count). The van der Waals surface area contributed by atoms with Crippen molar-refractivity contribution >= 4 is 0 Å². The van der Waals surface area contributed by atoms with Gasteiger partial charge in [0.15, 0.2) is 18.9 Å². The van der Waals surface area contributed by atoms with Crippen LogP contribution >= 0.6 is 0 Å². The van der Waals surface area contributed by atoms with Gasteiger partial charge in [-0.25, -0.2) is 0 Å². The molecule has 3 fully saturated rings. The van der Waals surface area contributed by atoms with Gasteiger partial charge in [-0.05, 0) is 64.2 Å². The highest BCUT2D eigenvalue weighted by Crippen LogP contribution is 2.35. The number of rotatable bonds is 47. The molecule has 0 aromatic carbocycles. The van der Waals surface area contributed by atoms with Crippen molar-refractivity contribution in [3.63, 3.8) is 0 Å². The van der Waals surface area contributed by atoms with Gasteiger partial charge >= 0.3 is 0 Å². The summed E-state index contributed by atoms with van der Waals surface area (Å²) >= 11 is 0. The van der Waals surface area contributed by atoms with Gasteiger partial charge in [-0.1, -0.05) is 133 Å². The average molecular weight is 1070 g/mol. The maximum Gasteiger partial charge on any atom is 0.187 e. The van der Waals surface area contributed by atoms with E-state index in [2.05, 4.69) is 69.2 Å². The molecule has 440 valence electrons. The van der Waals surface area contributed by atoms with E-state index in [0.29, 0.717) is 72.7 Å². The Hall–Kier alpha value is -0.640. The van der Waals surface area contributed by atoms with Gasteiger partial charge in [-0.15, -0.1) is 0 Å². The number of aliphatic hydroxyl groups is 1. The van der Waals surface area contributed by atoms with E-state index in [1.54, 1.807) is 0 Å². The van der Waals surface area contributed by atoms with E-state index in [1.165, 1.54) is 0 Å². The summed E-state index contributed by atoms with van der Waals surface area (Å²) < 4.78 is 101. The molecule has 0 aromatic heterocycles. The van der Waals surface area contributed by atoms with Crippen LogP contribution in [0.25, 0.3) is 0 Å². The normalized spacial score (nSPS) is 30.6. The maximum absolute atomic E-state index is 11.7. The number of unbranched alkanes of at least 4 members (excludes halogenated alkanes) is 10. The monoisotopic (exact) mass is 1060 g/mol. The van der Waals surface area contributed by atoms with Crippen LogP contribution < -0.4 is 0 Å². The molecule has 0 aliphatic carbocycles. The van der Waals surface area contributed by atoms with Crippen LogP contribution in [0.5, 0.6) is 0 Å². The summed E-state index contributed by atoms with van der Waals surface area (Å²) in [6, 6.07) is 0. The lowest BCUT2D eigenvalue weighted by molar-refractivity contribution is -0.357. The van der Waals surface area contributed by atoms with Crippen molar-refractivity contribution in [1.29, 1.82) is 0 Å². The SMILES string of the molecule is CCCCOCC1O[C@H](OCC2O[C@H](OCC3O[C@H](O)C(OCCCC)[C@@H](OCCCC)[C@@H]3OCCCC)C(OCCCC)C(OCCCC)[C@@H]2OCCCC)C(OCCCC)[C@@H](OCCCC)[C@@H]1OCCCC. The lowest BCUT2D eigenvalue weighted by atomic mass is 9.96. The fourth-order valence-corrected chi connectivity index (χ4v) is 9.12. The van der Waals surface area contributed by atoms with Crippen molar-refractivity contribution in [2.45, 2.75) is 290 Å². The van der Waals surface area contributed by atoms with Gasteiger partial charge in [-0.3, -0.25) is 0 Å². The summed E-state index contributed by atoms with van der Waals surface area (Å²) in [6.45, 7) is 27.0. The Morgan fingerprint density at radius 2 is 0.500 bits per heavy atom. The number of ether oxygens (including phenoxy) is 15. The van der Waals surface area contributed by atoms with Crippen LogP contribution in [0.4, 0.5) is 0 Å². The van der Waals surface area contributed by atoms with E-state index in [-0.39, 0.29) is 13.2 Å². The second-order valence-electron chi connectivity index (χ2n) is 20.4. The summed E-state index contributed by atoms with van der Waals surface area (Å²) in [5.41, 5.74) is 0. The largest absolute Gasteiger partial charge is 0.379 e. The molecule has 7 unspecified atom stereocenters. The molecule has 3 aliphatic rings. The van der Waals surface area contributed by atoms with Crippen molar-refractivity contribution in [2.75, 3.05) is 85.9 Å². The summed E-state index contributed by atoms with van der Waals surface area (Å²) in [6.07, 6.45) is 8.25. The van der Waals surface area contributed by atoms with Crippen molar-refractivity contribution < 1.29 is 76.2 Å². The van der Waals surface area contributed by atoms with Crippen LogP contribution in [0.15, 0.2) is 0 Å². The van der Waals surface area contributed by atoms with Crippen LogP contribution in [0.1, 0.15) is 198 Å². The lowest BCUT2D eigenvalue weighted by Gasteiger charge is -2.48. The Bertz CT molecular complexity index is 1270. The smallest absolute Gasteiger partial charge is 0.187 e. The molecule has 3 saturated heterocycles. The Balaban J connectivity index is 2.11. The molecule has 0 spiro atoms. The Labute approximate surface area is 450 Å². The summed E-state index contributed by atoms with van der Waals surface area (Å²) in [5, 5.41) is 11.7. The zero-order valence-corrected chi connectivity index (χ0v) is 48.6. The molecular weight excluding hydrogens is 953 g/mol. The summed E-state index contributed by atoms with van der Waals surface area (Å²) in [7, 11) is 0. The molecule has 74 heavy (non-hydrogen) atoms. The molecule has 16 nitrogen and oxygen atoms in total. The van der Waals surface area contributed by atoms with E-state index >= 15 is 0 Å². The van der Waals surface area contributed by atoms with E-state index in [1.807, 2.05) is 0 Å². The topological polar surface area (TPSA) is 159 Å². The van der Waals surface area contributed by atoms with Crippen LogP contribution in [-0.4, -0.2) is 183 Å². The van der Waals surface area contributed by atoms with Crippen molar-refractivity contribution in [2.24, 2.45) is 0 Å². The third-order valence-electron chi connectivity index (χ3n) is 13.8. The van der Waals surface area contributed by atoms with Gasteiger partial charge in [-0.2, -0.15) is 0 Å². The second kappa shape index (κ2) is 43.2. The molecule has 16 heteroatoms. The molecule has 0 radical (unpaired) electrons. The van der Waals surface area contributed by atoms with Crippen LogP contribution in [-0.2, 0) is 71.1 Å². The number of hydrogen-bond donors (Lipinski definition) is 1. The first kappa shape index (κ1) is 67.6. The molecule has 0 bridgehead atoms. The first-order chi connectivity index (χ1) is 36.3. The summed E-state index contributed by atoms with van der Waals surface area (Å²) in [5.74, 6) is 0. The molecular formula is C58H112O16. The van der Waals surface area contributed by atoms with Crippen LogP contribution in [0.3, 0.4) is 0 Å². The van der Waals surface area contributed by atoms with Crippen LogP contribution in [0.2, 0.25) is 0 Å². The molecule has 3 aliphatic heterocycles. The van der Waals surface area contributed by atoms with Gasteiger partial charge in [0.2, 0.25) is 0 Å². The fraction of sp³-hybridized carbons (Fsp3) is 1.00. The Morgan fingerprint density at radius 1 is 0.257 bits per heavy atom. The van der Waals surface area contributed by atoms with Crippen molar-refractivity contribution in [3.05, 3.63) is 0 Å². The molecule has 1 N–H and O–H groups in total. The zero-order valence-electron chi connectivity index (χ0n) is 48.6. The first-order valence-electron chi connectivity index (χ1n) is 30.3. The molecule has 15 atom stereocenters. The first-order valence-corrected chi connectivity index (χ1v) is 30.3. The minimum atomic E-state index is -1.26. The van der Waals surface area contributed by atoms with Gasteiger partial charge < -0.3 is 76.2 Å². The van der Waals surface area contributed by atoms with Crippen LogP contribution in [0, 0.1) is 0 Å². The third-order valence-corrected chi connectivity index (χ3v) is 13.8. The molecule has 0 aromatic rings. The van der Waals surface area contributed by atoms with Gasteiger partial charge in [0.05, 0.1) is 19.8 Å². The van der Waals surface area contributed by atoms with Crippen molar-refractivity contribution in [1.82, 2.24) is 0 Å². The highest BCUT2D eigenvalue weighted by molar-refractivity contribution is 4.97. The average Bonchev–Trinajstić information content (AvgIpc) is 3.40. The Kier molecular flexibility index (Phi) is 39.5. The van der Waals surface area contributed by atoms with E-state index in [4.69, 9.17) is 71.1 Å². The zero-order chi connectivity index (χ0) is 53.6. The van der Waals surface area contributed by atoms with E-state index < -0.39 is 92.1 Å². The van der Waals surface area contributed by atoms with Gasteiger partial charge in [0, 0.05) is 66.1 Å². The minimum absolute atomic E-state index is 0.00702. The molecule has 0 amide bonds. The predicted octanol–water partition coefficient (Wildman–Crippen LogP) is 10.7. The quantitative estimate of drug-likeness (QED) is 0.0573. The highest BCUT2D eigenvalue weighted by Gasteiger charge is 2.53. The predicted molar refractivity (Wildman–Crippen MR) is 288 cm³/mol. The van der Waals surface area contributed by atoms with Gasteiger partial charge in [0.25, 0.3) is 0 Å². The second-order valence-corrected chi connectivity index (χ2v) is 20.4. The lowest BCUT2D eigenvalue weighted by Crippen LogP contribution is -2.65. The maximum atomic E-state index is 11.7.